The van der Waals surface area contributed by atoms with Crippen molar-refractivity contribution in [3.8, 4) is 6.07 Å². The van der Waals surface area contributed by atoms with E-state index in [1.165, 1.54) is 6.33 Å². The van der Waals surface area contributed by atoms with E-state index < -0.39 is 6.72 Å². The molecule has 2 N–H and O–H groups in total. The Balaban J connectivity index is 1.59. The molecule has 3 atom stereocenters. The van der Waals surface area contributed by atoms with Crippen molar-refractivity contribution in [2.45, 2.75) is 31.6 Å². The lowest BCUT2D eigenvalue weighted by molar-refractivity contribution is -0.0189. The summed E-state index contributed by atoms with van der Waals surface area (Å²) in [6.45, 7) is -3.22. The van der Waals surface area contributed by atoms with E-state index in [0.717, 1.165) is 6.42 Å². The summed E-state index contributed by atoms with van der Waals surface area (Å²) in [5, 5.41) is 11.0. The Kier molecular flexibility index (Phi) is 6.18. The number of fused-ring (bicyclic) bond motifs is 1. The third-order valence-corrected chi connectivity index (χ3v) is 5.40. The second-order valence-electron chi connectivity index (χ2n) is 5.49. The van der Waals surface area contributed by atoms with Crippen LogP contribution in [0.4, 0.5) is 5.82 Å². The van der Waals surface area contributed by atoms with Crippen LogP contribution in [0.5, 0.6) is 0 Å². The van der Waals surface area contributed by atoms with Gasteiger partial charge < -0.3 is 23.9 Å². The summed E-state index contributed by atoms with van der Waals surface area (Å²) in [6.07, 6.45) is 4.06. The standard InChI is InChI=1S/C13H16BN6O4PS/c14-19-12-11-13(17-7-16-12)20(8-18-11)10-3-2-9(24-10)6-23-25(21,26)22-5-1-4-15/h7-10H,1-3,5-6H2,(H,21,26)(H,16,17,19). The minimum absolute atomic E-state index is 0.0384. The first-order chi connectivity index (χ1) is 12.5. The highest BCUT2D eigenvalue weighted by Gasteiger charge is 2.30. The Hall–Kier alpha value is -1.61. The van der Waals surface area contributed by atoms with E-state index in [-0.39, 0.29) is 32.0 Å². The van der Waals surface area contributed by atoms with Crippen molar-refractivity contribution in [2.75, 3.05) is 18.4 Å². The zero-order valence-corrected chi connectivity index (χ0v) is 15.4. The summed E-state index contributed by atoms with van der Waals surface area (Å²) in [7, 11) is 5.43. The highest BCUT2D eigenvalue weighted by Crippen LogP contribution is 2.44. The van der Waals surface area contributed by atoms with E-state index in [2.05, 4.69) is 20.2 Å². The Morgan fingerprint density at radius 2 is 2.31 bits per heavy atom. The summed E-state index contributed by atoms with van der Waals surface area (Å²) in [4.78, 5) is 22.4. The number of nitrogens with one attached hydrogen (secondary N) is 1. The predicted octanol–water partition coefficient (Wildman–Crippen LogP) is 1.16. The third-order valence-electron chi connectivity index (χ3n) is 3.78. The molecule has 3 unspecified atom stereocenters. The molecule has 0 bridgehead atoms. The molecule has 3 rings (SSSR count). The summed E-state index contributed by atoms with van der Waals surface area (Å²) in [5.41, 5.74) is 1.15. The molecule has 0 saturated carbocycles. The van der Waals surface area contributed by atoms with Crippen LogP contribution in [0.2, 0.25) is 0 Å². The number of aromatic nitrogens is 4. The van der Waals surface area contributed by atoms with Gasteiger partial charge in [-0.15, -0.1) is 0 Å². The zero-order valence-electron chi connectivity index (χ0n) is 13.7. The molecule has 2 aromatic rings. The molecule has 2 aromatic heterocycles. The normalized spacial score (nSPS) is 22.2. The van der Waals surface area contributed by atoms with Crippen molar-refractivity contribution < 1.29 is 18.7 Å². The number of imidazole rings is 1. The molecule has 13 heteroatoms. The summed E-state index contributed by atoms with van der Waals surface area (Å²) in [6, 6.07) is 1.91. The molecule has 10 nitrogen and oxygen atoms in total. The van der Waals surface area contributed by atoms with Crippen molar-refractivity contribution >= 4 is 43.5 Å². The SMILES string of the molecule is [B]Nc1ncnc2c1ncn2C1CCC(COP(O)(=S)OCCC#N)O1. The van der Waals surface area contributed by atoms with E-state index in [1.54, 1.807) is 10.9 Å². The lowest BCUT2D eigenvalue weighted by Gasteiger charge is -2.19. The molecule has 26 heavy (non-hydrogen) atoms. The predicted molar refractivity (Wildman–Crippen MR) is 96.5 cm³/mol. The molecule has 136 valence electrons. The number of rotatable bonds is 8. The van der Waals surface area contributed by atoms with Crippen LogP contribution in [-0.2, 0) is 25.6 Å². The fraction of sp³-hybridized carbons (Fsp3) is 0.538. The van der Waals surface area contributed by atoms with Crippen LogP contribution in [0.3, 0.4) is 0 Å². The van der Waals surface area contributed by atoms with Crippen LogP contribution < -0.4 is 5.23 Å². The van der Waals surface area contributed by atoms with Gasteiger partial charge in [-0.2, -0.15) is 5.26 Å². The van der Waals surface area contributed by atoms with Crippen molar-refractivity contribution in [2.24, 2.45) is 0 Å². The summed E-state index contributed by atoms with van der Waals surface area (Å²) >= 11 is 4.90. The fourth-order valence-electron chi connectivity index (χ4n) is 2.60. The Morgan fingerprint density at radius 1 is 1.46 bits per heavy atom. The lowest BCUT2D eigenvalue weighted by atomic mass is 10.2. The van der Waals surface area contributed by atoms with Gasteiger partial charge in [-0.05, 0) is 24.6 Å². The van der Waals surface area contributed by atoms with Gasteiger partial charge in [-0.1, -0.05) is 0 Å². The topological polar surface area (TPSA) is 127 Å². The quantitative estimate of drug-likeness (QED) is 0.383. The molecular weight excluding hydrogens is 378 g/mol. The molecule has 1 saturated heterocycles. The van der Waals surface area contributed by atoms with Crippen molar-refractivity contribution in [3.63, 3.8) is 0 Å². The Morgan fingerprint density at radius 3 is 3.08 bits per heavy atom. The number of hydrogen-bond acceptors (Lipinski definition) is 9. The number of hydrogen-bond donors (Lipinski definition) is 2. The molecule has 0 aliphatic carbocycles. The van der Waals surface area contributed by atoms with Gasteiger partial charge in [-0.3, -0.25) is 4.57 Å². The fourth-order valence-corrected chi connectivity index (χ4v) is 3.76. The van der Waals surface area contributed by atoms with Crippen molar-refractivity contribution in [3.05, 3.63) is 12.7 Å². The highest BCUT2D eigenvalue weighted by atomic mass is 32.5. The Bertz CT molecular complexity index is 861. The second kappa shape index (κ2) is 8.39. The first-order valence-electron chi connectivity index (χ1n) is 7.82. The largest absolute Gasteiger partial charge is 0.421 e. The molecule has 2 radical (unpaired) electrons. The monoisotopic (exact) mass is 394 g/mol. The van der Waals surface area contributed by atoms with Gasteiger partial charge in [-0.25, -0.2) is 15.0 Å². The number of ether oxygens (including phenoxy) is 1. The molecule has 1 fully saturated rings. The third kappa shape index (κ3) is 4.38. The van der Waals surface area contributed by atoms with E-state index >= 15 is 0 Å². The van der Waals surface area contributed by atoms with Crippen molar-refractivity contribution in [1.82, 2.24) is 19.5 Å². The van der Waals surface area contributed by atoms with Gasteiger partial charge in [0.15, 0.2) is 5.65 Å². The first kappa shape index (κ1) is 19.2. The van der Waals surface area contributed by atoms with Crippen molar-refractivity contribution in [1.29, 1.82) is 5.26 Å². The molecule has 0 spiro atoms. The number of anilines is 1. The highest BCUT2D eigenvalue weighted by molar-refractivity contribution is 8.07. The maximum absolute atomic E-state index is 9.92. The number of nitrogens with zero attached hydrogens (tertiary/aromatic N) is 5. The van der Waals surface area contributed by atoms with Gasteiger partial charge in [0.2, 0.25) is 7.98 Å². The van der Waals surface area contributed by atoms with Crippen LogP contribution in [0, 0.1) is 11.3 Å². The maximum Gasteiger partial charge on any atom is 0.324 e. The van der Waals surface area contributed by atoms with E-state index in [9.17, 15) is 4.89 Å². The van der Waals surface area contributed by atoms with Crippen LogP contribution in [0.25, 0.3) is 11.2 Å². The molecular formula is C13H16BN6O4PS. The van der Waals surface area contributed by atoms with Gasteiger partial charge >= 0.3 is 6.72 Å². The van der Waals surface area contributed by atoms with E-state index in [1.807, 2.05) is 6.07 Å². The molecule has 1 aliphatic rings. The number of nitriles is 1. The first-order valence-corrected chi connectivity index (χ1v) is 10.4. The average Bonchev–Trinajstić information content (AvgIpc) is 3.26. The van der Waals surface area contributed by atoms with E-state index in [4.69, 9.17) is 38.8 Å². The van der Waals surface area contributed by atoms with Crippen LogP contribution >= 0.6 is 6.72 Å². The van der Waals surface area contributed by atoms with Crippen LogP contribution in [-0.4, -0.2) is 51.7 Å². The van der Waals surface area contributed by atoms with Gasteiger partial charge in [0.1, 0.15) is 23.9 Å². The van der Waals surface area contributed by atoms with Crippen LogP contribution in [0.15, 0.2) is 12.7 Å². The molecule has 0 aromatic carbocycles. The maximum atomic E-state index is 9.92. The smallest absolute Gasteiger partial charge is 0.324 e. The molecule has 0 amide bonds. The van der Waals surface area contributed by atoms with Gasteiger partial charge in [0.25, 0.3) is 0 Å². The molecule has 3 heterocycles. The summed E-state index contributed by atoms with van der Waals surface area (Å²) < 4.78 is 18.1. The lowest BCUT2D eigenvalue weighted by Crippen LogP contribution is -2.16. The summed E-state index contributed by atoms with van der Waals surface area (Å²) in [5.74, 6) is 0.433. The van der Waals surface area contributed by atoms with Crippen LogP contribution in [0.1, 0.15) is 25.5 Å². The Labute approximate surface area is 156 Å². The average molecular weight is 394 g/mol. The zero-order chi connectivity index (χ0) is 18.6. The van der Waals surface area contributed by atoms with Gasteiger partial charge in [0.05, 0.1) is 38.1 Å². The second-order valence-corrected chi connectivity index (χ2v) is 8.32. The minimum Gasteiger partial charge on any atom is -0.421 e. The van der Waals surface area contributed by atoms with E-state index in [0.29, 0.717) is 23.4 Å². The minimum atomic E-state index is -3.36. The molecule has 1 aliphatic heterocycles. The van der Waals surface area contributed by atoms with Gasteiger partial charge in [0, 0.05) is 0 Å².